The van der Waals surface area contributed by atoms with Crippen LogP contribution in [-0.4, -0.2) is 42.8 Å². The van der Waals surface area contributed by atoms with Crippen LogP contribution in [0.2, 0.25) is 0 Å². The molecule has 2 N–H and O–H groups in total. The van der Waals surface area contributed by atoms with Gasteiger partial charge in [-0.1, -0.05) is 5.57 Å². The van der Waals surface area contributed by atoms with Crippen LogP contribution in [0.25, 0.3) is 0 Å². The summed E-state index contributed by atoms with van der Waals surface area (Å²) in [5.41, 5.74) is 1.03. The third-order valence-corrected chi connectivity index (χ3v) is 2.85. The summed E-state index contributed by atoms with van der Waals surface area (Å²) >= 11 is 0. The minimum absolute atomic E-state index is 0.108. The highest BCUT2D eigenvalue weighted by atomic mass is 16.6. The summed E-state index contributed by atoms with van der Waals surface area (Å²) in [5, 5.41) is 5.56. The number of nitrogens with one attached hydrogen (secondary N) is 2. The number of carbonyl (C=O) groups is 2. The molecule has 0 aromatic carbocycles. The van der Waals surface area contributed by atoms with Gasteiger partial charge in [0.05, 0.1) is 6.61 Å². The van der Waals surface area contributed by atoms with Crippen molar-refractivity contribution in [2.24, 2.45) is 0 Å². The number of carbonyl (C=O) groups excluding carboxylic acids is 2. The van der Waals surface area contributed by atoms with Crippen LogP contribution in [0.1, 0.15) is 33.6 Å². The van der Waals surface area contributed by atoms with Gasteiger partial charge in [-0.05, 0) is 33.6 Å². The Morgan fingerprint density at radius 3 is 2.47 bits per heavy atom. The Kier molecular flexibility index (Phi) is 6.18. The third-order valence-electron chi connectivity index (χ3n) is 2.85. The Balaban J connectivity index is 2.28. The summed E-state index contributed by atoms with van der Waals surface area (Å²) in [4.78, 5) is 24.7. The molecule has 1 aliphatic heterocycles. The van der Waals surface area contributed by atoms with E-state index in [-0.39, 0.29) is 18.2 Å². The quantitative estimate of drug-likeness (QED) is 0.821. The van der Waals surface area contributed by atoms with Gasteiger partial charge >= 0.3 is 12.1 Å². The fourth-order valence-electron chi connectivity index (χ4n) is 1.86. The van der Waals surface area contributed by atoms with Crippen LogP contribution in [0.5, 0.6) is 0 Å². The topological polar surface area (TPSA) is 70.7 Å². The Bertz CT molecular complexity index is 343. The minimum atomic E-state index is -0.269. The number of nitrogens with zero attached hydrogens (tertiary/aromatic N) is 1. The molecular weight excluding hydrogens is 246 g/mol. The molecule has 0 saturated carbocycles. The third kappa shape index (κ3) is 5.63. The lowest BCUT2D eigenvalue weighted by Gasteiger charge is -2.31. The van der Waals surface area contributed by atoms with Gasteiger partial charge in [-0.2, -0.15) is 0 Å². The number of likely N-dealkylation sites (tertiary alicyclic amines) is 1. The molecule has 1 heterocycles. The molecule has 0 unspecified atom stereocenters. The lowest BCUT2D eigenvalue weighted by Crippen LogP contribution is -2.48. The van der Waals surface area contributed by atoms with Crippen LogP contribution in [0.4, 0.5) is 9.59 Å². The predicted octanol–water partition coefficient (Wildman–Crippen LogP) is 1.83. The summed E-state index contributed by atoms with van der Waals surface area (Å²) in [5.74, 6) is 0. The first kappa shape index (κ1) is 15.3. The van der Waals surface area contributed by atoms with Crippen molar-refractivity contribution in [2.75, 3.05) is 19.7 Å². The van der Waals surface area contributed by atoms with E-state index in [1.807, 2.05) is 13.8 Å². The van der Waals surface area contributed by atoms with E-state index in [0.717, 1.165) is 18.4 Å². The van der Waals surface area contributed by atoms with E-state index in [1.54, 1.807) is 18.0 Å². The molecule has 0 bridgehead atoms. The lowest BCUT2D eigenvalue weighted by molar-refractivity contribution is 0.0958. The number of rotatable bonds is 3. The van der Waals surface area contributed by atoms with Crippen LogP contribution < -0.4 is 10.6 Å². The van der Waals surface area contributed by atoms with Crippen molar-refractivity contribution in [2.45, 2.75) is 39.7 Å². The Hall–Kier alpha value is -1.72. The van der Waals surface area contributed by atoms with Gasteiger partial charge in [-0.3, -0.25) is 0 Å². The van der Waals surface area contributed by atoms with Crippen molar-refractivity contribution in [1.82, 2.24) is 15.5 Å². The first-order valence-electron chi connectivity index (χ1n) is 6.65. The second kappa shape index (κ2) is 7.66. The van der Waals surface area contributed by atoms with Crippen LogP contribution in [0.3, 0.4) is 0 Å². The number of hydrogen-bond acceptors (Lipinski definition) is 3. The molecule has 108 valence electrons. The highest BCUT2D eigenvalue weighted by Crippen LogP contribution is 2.11. The van der Waals surface area contributed by atoms with Gasteiger partial charge in [0.25, 0.3) is 0 Å². The van der Waals surface area contributed by atoms with E-state index in [2.05, 4.69) is 10.6 Å². The monoisotopic (exact) mass is 269 g/mol. The molecule has 1 aliphatic rings. The summed E-state index contributed by atoms with van der Waals surface area (Å²) in [6, 6.07) is -0.0907. The second-order valence-electron chi connectivity index (χ2n) is 4.80. The lowest BCUT2D eigenvalue weighted by atomic mass is 10.1. The molecule has 19 heavy (non-hydrogen) atoms. The molecule has 3 amide bonds. The molecule has 1 rings (SSSR count). The maximum atomic E-state index is 11.6. The first-order valence-corrected chi connectivity index (χ1v) is 6.65. The zero-order chi connectivity index (χ0) is 14.3. The molecule has 6 nitrogen and oxygen atoms in total. The van der Waals surface area contributed by atoms with E-state index in [0.29, 0.717) is 19.7 Å². The van der Waals surface area contributed by atoms with Crippen molar-refractivity contribution in [3.63, 3.8) is 0 Å². The van der Waals surface area contributed by atoms with Crippen molar-refractivity contribution < 1.29 is 14.3 Å². The maximum absolute atomic E-state index is 11.6. The molecule has 1 fully saturated rings. The zero-order valence-electron chi connectivity index (χ0n) is 11.9. The molecule has 0 spiro atoms. The van der Waals surface area contributed by atoms with E-state index < -0.39 is 0 Å². The average molecular weight is 269 g/mol. The van der Waals surface area contributed by atoms with Crippen LogP contribution in [0.15, 0.2) is 11.8 Å². The highest BCUT2D eigenvalue weighted by Gasteiger charge is 2.24. The van der Waals surface area contributed by atoms with E-state index in [9.17, 15) is 9.59 Å². The largest absolute Gasteiger partial charge is 0.450 e. The summed E-state index contributed by atoms with van der Waals surface area (Å²) in [6.45, 7) is 7.25. The number of ether oxygens (including phenoxy) is 1. The maximum Gasteiger partial charge on any atom is 0.409 e. The van der Waals surface area contributed by atoms with Gasteiger partial charge in [0.15, 0.2) is 0 Å². The van der Waals surface area contributed by atoms with Crippen LogP contribution >= 0.6 is 0 Å². The average Bonchev–Trinajstić information content (AvgIpc) is 2.37. The molecule has 1 saturated heterocycles. The van der Waals surface area contributed by atoms with E-state index >= 15 is 0 Å². The molecule has 0 aromatic heterocycles. The van der Waals surface area contributed by atoms with Gasteiger partial charge in [0, 0.05) is 25.3 Å². The van der Waals surface area contributed by atoms with Gasteiger partial charge in [0.2, 0.25) is 0 Å². The number of urea groups is 1. The van der Waals surface area contributed by atoms with Crippen LogP contribution in [-0.2, 0) is 4.74 Å². The van der Waals surface area contributed by atoms with E-state index in [4.69, 9.17) is 4.74 Å². The molecule has 0 atom stereocenters. The van der Waals surface area contributed by atoms with Crippen molar-refractivity contribution in [3.8, 4) is 0 Å². The van der Waals surface area contributed by atoms with Crippen molar-refractivity contribution >= 4 is 12.1 Å². The smallest absolute Gasteiger partial charge is 0.409 e. The van der Waals surface area contributed by atoms with Crippen molar-refractivity contribution in [1.29, 1.82) is 0 Å². The van der Waals surface area contributed by atoms with Gasteiger partial charge in [0.1, 0.15) is 0 Å². The number of hydrogen-bond donors (Lipinski definition) is 2. The highest BCUT2D eigenvalue weighted by molar-refractivity contribution is 5.75. The molecule has 0 radical (unpaired) electrons. The molecule has 0 aliphatic carbocycles. The standard InChI is InChI=1S/C13H23N3O3/c1-4-19-13(18)16-7-5-11(6-8-16)15-12(17)14-9-10(2)3/h9,11H,4-8H2,1-3H3,(H2,14,15,17). The fraction of sp³-hybridized carbons (Fsp3) is 0.692. The zero-order valence-corrected chi connectivity index (χ0v) is 11.9. The summed E-state index contributed by atoms with van der Waals surface area (Å²) in [7, 11) is 0. The van der Waals surface area contributed by atoms with Gasteiger partial charge < -0.3 is 20.3 Å². The number of allylic oxidation sites excluding steroid dienone is 1. The fourth-order valence-corrected chi connectivity index (χ4v) is 1.86. The Morgan fingerprint density at radius 1 is 1.32 bits per heavy atom. The molecule has 0 aromatic rings. The molecule has 6 heteroatoms. The predicted molar refractivity (Wildman–Crippen MR) is 72.7 cm³/mol. The van der Waals surface area contributed by atoms with Crippen molar-refractivity contribution in [3.05, 3.63) is 11.8 Å². The molecular formula is C13H23N3O3. The Labute approximate surface area is 114 Å². The second-order valence-corrected chi connectivity index (χ2v) is 4.80. The minimum Gasteiger partial charge on any atom is -0.450 e. The first-order chi connectivity index (χ1) is 9.02. The normalized spacial score (nSPS) is 15.6. The number of piperidine rings is 1. The van der Waals surface area contributed by atoms with Gasteiger partial charge in [-0.15, -0.1) is 0 Å². The number of amides is 3. The van der Waals surface area contributed by atoms with Crippen LogP contribution in [0, 0.1) is 0 Å². The summed E-state index contributed by atoms with van der Waals surface area (Å²) in [6.07, 6.45) is 2.90. The van der Waals surface area contributed by atoms with Gasteiger partial charge in [-0.25, -0.2) is 9.59 Å². The summed E-state index contributed by atoms with van der Waals surface area (Å²) < 4.78 is 4.94. The Morgan fingerprint density at radius 2 is 1.95 bits per heavy atom. The SMILES string of the molecule is CCOC(=O)N1CCC(NC(=O)NC=C(C)C)CC1. The van der Waals surface area contributed by atoms with E-state index in [1.165, 1.54) is 0 Å².